The van der Waals surface area contributed by atoms with E-state index < -0.39 is 16.1 Å². The minimum Gasteiger partial charge on any atom is -0.335 e. The lowest BCUT2D eigenvalue weighted by molar-refractivity contribution is -0.143. The van der Waals surface area contributed by atoms with E-state index in [1.807, 2.05) is 4.90 Å². The molecule has 2 N–H and O–H groups in total. The van der Waals surface area contributed by atoms with Gasteiger partial charge in [-0.1, -0.05) is 11.6 Å². The molecule has 2 amide bonds. The fourth-order valence-corrected chi connectivity index (χ4v) is 6.21. The van der Waals surface area contributed by atoms with Gasteiger partial charge in [-0.2, -0.15) is 4.72 Å². The SMILES string of the molecule is O=C1[C@@H](NS(=O)(=O)C=Cc2ccc(Cl)s2)CCCN1CC(=O)N1C[C@@H]2C[C@H]1CN2. The van der Waals surface area contributed by atoms with Gasteiger partial charge in [-0.15, -0.1) is 11.3 Å². The summed E-state index contributed by atoms with van der Waals surface area (Å²) in [6, 6.07) is 3.12. The third-order valence-corrected chi connectivity index (χ3v) is 7.85. The molecular weight excluding hydrogens is 436 g/mol. The number of hydrogen-bond acceptors (Lipinski definition) is 6. The van der Waals surface area contributed by atoms with Gasteiger partial charge in [0.1, 0.15) is 6.04 Å². The first-order chi connectivity index (χ1) is 13.8. The number of likely N-dealkylation sites (tertiary alicyclic amines) is 2. The zero-order valence-electron chi connectivity index (χ0n) is 15.7. The largest absolute Gasteiger partial charge is 0.335 e. The molecule has 2 bridgehead atoms. The van der Waals surface area contributed by atoms with E-state index in [4.69, 9.17) is 11.6 Å². The summed E-state index contributed by atoms with van der Waals surface area (Å²) >= 11 is 7.11. The molecule has 4 rings (SSSR count). The second-order valence-electron chi connectivity index (χ2n) is 7.60. The highest BCUT2D eigenvalue weighted by Gasteiger charge is 2.41. The van der Waals surface area contributed by atoms with Crippen molar-refractivity contribution in [3.8, 4) is 0 Å². The van der Waals surface area contributed by atoms with Crippen LogP contribution < -0.4 is 10.0 Å². The van der Waals surface area contributed by atoms with Crippen LogP contribution >= 0.6 is 22.9 Å². The maximum Gasteiger partial charge on any atom is 0.242 e. The van der Waals surface area contributed by atoms with E-state index in [9.17, 15) is 18.0 Å². The van der Waals surface area contributed by atoms with Gasteiger partial charge in [-0.3, -0.25) is 9.59 Å². The lowest BCUT2D eigenvalue weighted by Gasteiger charge is -2.34. The summed E-state index contributed by atoms with van der Waals surface area (Å²) in [5.74, 6) is -0.409. The first kappa shape index (κ1) is 20.8. The van der Waals surface area contributed by atoms with Gasteiger partial charge >= 0.3 is 0 Å². The average Bonchev–Trinajstić information content (AvgIpc) is 3.40. The van der Waals surface area contributed by atoms with Gasteiger partial charge < -0.3 is 15.1 Å². The number of amides is 2. The van der Waals surface area contributed by atoms with E-state index >= 15 is 0 Å². The molecule has 3 aliphatic heterocycles. The van der Waals surface area contributed by atoms with E-state index in [1.54, 1.807) is 12.1 Å². The third-order valence-electron chi connectivity index (χ3n) is 5.55. The van der Waals surface area contributed by atoms with Gasteiger partial charge in [0.2, 0.25) is 21.8 Å². The Balaban J connectivity index is 1.35. The molecule has 1 aromatic rings. The molecular formula is C18H23ClN4O4S2. The summed E-state index contributed by atoms with van der Waals surface area (Å²) in [4.78, 5) is 29.4. The highest BCUT2D eigenvalue weighted by atomic mass is 35.5. The molecule has 3 saturated heterocycles. The third kappa shape index (κ3) is 4.83. The Kier molecular flexibility index (Phi) is 5.99. The molecule has 0 unspecified atom stereocenters. The molecule has 8 nitrogen and oxygen atoms in total. The lowest BCUT2D eigenvalue weighted by atomic mass is 10.1. The molecule has 3 atom stereocenters. The average molecular weight is 459 g/mol. The van der Waals surface area contributed by atoms with Gasteiger partial charge in [0.05, 0.1) is 10.9 Å². The van der Waals surface area contributed by atoms with E-state index in [2.05, 4.69) is 10.0 Å². The number of piperazine rings is 1. The summed E-state index contributed by atoms with van der Waals surface area (Å²) in [6.07, 6.45) is 3.47. The van der Waals surface area contributed by atoms with Crippen molar-refractivity contribution in [2.75, 3.05) is 26.2 Å². The van der Waals surface area contributed by atoms with E-state index in [0.29, 0.717) is 41.2 Å². The maximum absolute atomic E-state index is 12.8. The quantitative estimate of drug-likeness (QED) is 0.658. The molecule has 29 heavy (non-hydrogen) atoms. The highest BCUT2D eigenvalue weighted by molar-refractivity contribution is 7.92. The summed E-state index contributed by atoms with van der Waals surface area (Å²) < 4.78 is 27.8. The molecule has 158 valence electrons. The van der Waals surface area contributed by atoms with Crippen LogP contribution in [-0.2, 0) is 19.6 Å². The monoisotopic (exact) mass is 458 g/mol. The van der Waals surface area contributed by atoms with Gasteiger partial charge in [0.15, 0.2) is 0 Å². The van der Waals surface area contributed by atoms with Gasteiger partial charge in [0, 0.05) is 42.0 Å². The van der Waals surface area contributed by atoms with Crippen molar-refractivity contribution in [1.82, 2.24) is 19.8 Å². The van der Waals surface area contributed by atoms with Crippen molar-refractivity contribution in [2.24, 2.45) is 0 Å². The summed E-state index contributed by atoms with van der Waals surface area (Å²) in [7, 11) is -3.80. The van der Waals surface area contributed by atoms with Crippen LogP contribution in [0.4, 0.5) is 0 Å². The van der Waals surface area contributed by atoms with Crippen molar-refractivity contribution >= 4 is 50.9 Å². The van der Waals surface area contributed by atoms with Crippen LogP contribution in [0.1, 0.15) is 24.1 Å². The number of thiophene rings is 1. The van der Waals surface area contributed by atoms with Crippen molar-refractivity contribution in [3.05, 3.63) is 26.8 Å². The van der Waals surface area contributed by atoms with Gasteiger partial charge in [-0.25, -0.2) is 8.42 Å². The van der Waals surface area contributed by atoms with Crippen molar-refractivity contribution in [3.63, 3.8) is 0 Å². The zero-order valence-corrected chi connectivity index (χ0v) is 18.1. The van der Waals surface area contributed by atoms with Crippen LogP contribution in [0.25, 0.3) is 6.08 Å². The van der Waals surface area contributed by atoms with Gasteiger partial charge in [0.25, 0.3) is 0 Å². The minimum atomic E-state index is -3.80. The smallest absolute Gasteiger partial charge is 0.242 e. The van der Waals surface area contributed by atoms with E-state index in [-0.39, 0.29) is 24.4 Å². The Hall–Kier alpha value is -1.46. The number of halogens is 1. The molecule has 3 fully saturated rings. The molecule has 0 aromatic carbocycles. The molecule has 3 aliphatic rings. The minimum absolute atomic E-state index is 0.00378. The van der Waals surface area contributed by atoms with Crippen LogP contribution in [0, 0.1) is 0 Å². The summed E-state index contributed by atoms with van der Waals surface area (Å²) in [5, 5.41) is 4.39. The number of piperidine rings is 1. The van der Waals surface area contributed by atoms with Crippen molar-refractivity contribution in [1.29, 1.82) is 0 Å². The second-order valence-corrected chi connectivity index (χ2v) is 10.9. The summed E-state index contributed by atoms with van der Waals surface area (Å²) in [6.45, 7) is 1.95. The molecule has 1 aromatic heterocycles. The number of rotatable bonds is 6. The van der Waals surface area contributed by atoms with Crippen LogP contribution in [0.5, 0.6) is 0 Å². The predicted molar refractivity (Wildman–Crippen MR) is 112 cm³/mol. The number of fused-ring (bicyclic) bond motifs is 2. The predicted octanol–water partition coefficient (Wildman–Crippen LogP) is 0.855. The first-order valence-corrected chi connectivity index (χ1v) is 12.3. The molecule has 0 radical (unpaired) electrons. The maximum atomic E-state index is 12.8. The van der Waals surface area contributed by atoms with E-state index in [1.165, 1.54) is 22.3 Å². The Bertz CT molecular complexity index is 932. The number of sulfonamides is 1. The Labute approximate surface area is 178 Å². The standard InChI is InChI=1S/C18H23ClN4O4S2/c19-16-4-3-14(28-16)5-7-29(26,27)21-15-2-1-6-22(18(15)25)11-17(24)23-10-12-8-13(23)9-20-12/h3-5,7,12-13,15,20-21H,1-2,6,8-11H2/t12-,13-,15-/m0/s1. The zero-order chi connectivity index (χ0) is 20.6. The van der Waals surface area contributed by atoms with Crippen molar-refractivity contribution in [2.45, 2.75) is 37.4 Å². The topological polar surface area (TPSA) is 98.8 Å². The molecule has 4 heterocycles. The second kappa shape index (κ2) is 8.35. The van der Waals surface area contributed by atoms with Crippen LogP contribution in [0.3, 0.4) is 0 Å². The molecule has 0 saturated carbocycles. The molecule has 0 aliphatic carbocycles. The Morgan fingerprint density at radius 2 is 2.24 bits per heavy atom. The summed E-state index contributed by atoms with van der Waals surface area (Å²) in [5.41, 5.74) is 0. The van der Waals surface area contributed by atoms with Gasteiger partial charge in [-0.05, 0) is 37.5 Å². The normalized spacial score (nSPS) is 27.3. The molecule has 11 heteroatoms. The number of hydrogen-bond donors (Lipinski definition) is 2. The number of carbonyl (C=O) groups excluding carboxylic acids is 2. The first-order valence-electron chi connectivity index (χ1n) is 9.58. The number of carbonyl (C=O) groups is 2. The van der Waals surface area contributed by atoms with Crippen molar-refractivity contribution < 1.29 is 18.0 Å². The Morgan fingerprint density at radius 1 is 1.41 bits per heavy atom. The lowest BCUT2D eigenvalue weighted by Crippen LogP contribution is -2.56. The fraction of sp³-hybridized carbons (Fsp3) is 0.556. The molecule has 0 spiro atoms. The van der Waals surface area contributed by atoms with Crippen LogP contribution in [0.2, 0.25) is 4.34 Å². The van der Waals surface area contributed by atoms with Crippen LogP contribution in [-0.4, -0.2) is 74.3 Å². The Morgan fingerprint density at radius 3 is 2.90 bits per heavy atom. The number of nitrogens with one attached hydrogen (secondary N) is 2. The fourth-order valence-electron chi connectivity index (χ4n) is 4.14. The van der Waals surface area contributed by atoms with Crippen LogP contribution in [0.15, 0.2) is 17.5 Å². The number of nitrogens with zero attached hydrogens (tertiary/aromatic N) is 2. The van der Waals surface area contributed by atoms with E-state index in [0.717, 1.165) is 18.4 Å². The highest BCUT2D eigenvalue weighted by Crippen LogP contribution is 2.24.